The van der Waals surface area contributed by atoms with E-state index in [-0.39, 0.29) is 18.4 Å². The predicted octanol–water partition coefficient (Wildman–Crippen LogP) is 4.80. The van der Waals surface area contributed by atoms with Gasteiger partial charge < -0.3 is 15.2 Å². The number of benzene rings is 2. The van der Waals surface area contributed by atoms with Crippen LogP contribution >= 0.6 is 0 Å². The Hall–Kier alpha value is -2.82. The van der Waals surface area contributed by atoms with Gasteiger partial charge in [-0.2, -0.15) is 0 Å². The number of fused-ring (bicyclic) bond motifs is 3. The van der Waals surface area contributed by atoms with Crippen LogP contribution in [0.3, 0.4) is 0 Å². The molecule has 5 heteroatoms. The Morgan fingerprint density at radius 3 is 2.28 bits per heavy atom. The van der Waals surface area contributed by atoms with Crippen LogP contribution in [-0.2, 0) is 9.53 Å². The molecule has 3 atom stereocenters. The summed E-state index contributed by atoms with van der Waals surface area (Å²) in [4.78, 5) is 24.2. The van der Waals surface area contributed by atoms with Gasteiger partial charge >= 0.3 is 12.1 Å². The van der Waals surface area contributed by atoms with Crippen LogP contribution in [0.25, 0.3) is 11.1 Å². The molecule has 5 nitrogen and oxygen atoms in total. The van der Waals surface area contributed by atoms with E-state index < -0.39 is 18.1 Å². The Morgan fingerprint density at radius 2 is 1.69 bits per heavy atom. The van der Waals surface area contributed by atoms with E-state index in [1.54, 1.807) is 0 Å². The van der Waals surface area contributed by atoms with E-state index in [4.69, 9.17) is 4.74 Å². The van der Waals surface area contributed by atoms with Crippen LogP contribution in [0, 0.1) is 11.8 Å². The topological polar surface area (TPSA) is 75.6 Å². The van der Waals surface area contributed by atoms with Crippen LogP contribution < -0.4 is 5.32 Å². The van der Waals surface area contributed by atoms with Crippen molar-refractivity contribution in [2.75, 3.05) is 6.61 Å². The predicted molar refractivity (Wildman–Crippen MR) is 111 cm³/mol. The average molecular weight is 393 g/mol. The SMILES string of the molecule is CC1CCCC(C(NC(=O)OCC2c3ccccc3-c3ccccc32)C(=O)O)C1. The minimum absolute atomic E-state index is 0.0360. The van der Waals surface area contributed by atoms with Gasteiger partial charge in [-0.15, -0.1) is 0 Å². The monoisotopic (exact) mass is 393 g/mol. The van der Waals surface area contributed by atoms with Gasteiger partial charge in [-0.25, -0.2) is 9.59 Å². The van der Waals surface area contributed by atoms with Crippen molar-refractivity contribution in [1.82, 2.24) is 5.32 Å². The number of rotatable bonds is 5. The van der Waals surface area contributed by atoms with Crippen molar-refractivity contribution < 1.29 is 19.4 Å². The van der Waals surface area contributed by atoms with Crippen molar-refractivity contribution in [3.63, 3.8) is 0 Å². The summed E-state index contributed by atoms with van der Waals surface area (Å²) in [6, 6.07) is 15.4. The van der Waals surface area contributed by atoms with Gasteiger partial charge in [0.15, 0.2) is 0 Å². The average Bonchev–Trinajstić information content (AvgIpc) is 3.04. The lowest BCUT2D eigenvalue weighted by atomic mass is 9.78. The van der Waals surface area contributed by atoms with E-state index >= 15 is 0 Å². The minimum atomic E-state index is -0.988. The van der Waals surface area contributed by atoms with Crippen LogP contribution in [0.4, 0.5) is 4.79 Å². The highest BCUT2D eigenvalue weighted by Gasteiger charge is 2.34. The molecule has 29 heavy (non-hydrogen) atoms. The molecule has 152 valence electrons. The van der Waals surface area contributed by atoms with Gasteiger partial charge in [0.05, 0.1) is 0 Å². The lowest BCUT2D eigenvalue weighted by Crippen LogP contribution is -2.47. The first kappa shape index (κ1) is 19.5. The van der Waals surface area contributed by atoms with Crippen molar-refractivity contribution in [3.8, 4) is 11.1 Å². The zero-order chi connectivity index (χ0) is 20.4. The first-order valence-corrected chi connectivity index (χ1v) is 10.4. The van der Waals surface area contributed by atoms with Gasteiger partial charge in [-0.1, -0.05) is 68.3 Å². The Labute approximate surface area is 171 Å². The molecule has 2 aliphatic carbocycles. The van der Waals surface area contributed by atoms with Crippen molar-refractivity contribution in [2.45, 2.75) is 44.6 Å². The first-order valence-electron chi connectivity index (χ1n) is 10.4. The maximum atomic E-state index is 12.5. The molecule has 1 fully saturated rings. The molecule has 0 radical (unpaired) electrons. The Kier molecular flexibility index (Phi) is 5.56. The molecule has 2 N–H and O–H groups in total. The van der Waals surface area contributed by atoms with Gasteiger partial charge in [0.2, 0.25) is 0 Å². The summed E-state index contributed by atoms with van der Waals surface area (Å²) in [5, 5.41) is 12.2. The highest BCUT2D eigenvalue weighted by Crippen LogP contribution is 2.44. The molecule has 0 aromatic heterocycles. The van der Waals surface area contributed by atoms with Crippen molar-refractivity contribution in [2.24, 2.45) is 11.8 Å². The fraction of sp³-hybridized carbons (Fsp3) is 0.417. The van der Waals surface area contributed by atoms with Crippen LogP contribution in [0.5, 0.6) is 0 Å². The van der Waals surface area contributed by atoms with E-state index in [9.17, 15) is 14.7 Å². The van der Waals surface area contributed by atoms with Crippen LogP contribution in [0.2, 0.25) is 0 Å². The number of aliphatic carboxylic acids is 1. The minimum Gasteiger partial charge on any atom is -0.480 e. The summed E-state index contributed by atoms with van der Waals surface area (Å²) in [5.41, 5.74) is 4.60. The Bertz CT molecular complexity index is 864. The molecule has 0 spiro atoms. The number of hydrogen-bond donors (Lipinski definition) is 2. The summed E-state index contributed by atoms with van der Waals surface area (Å²) in [7, 11) is 0. The zero-order valence-electron chi connectivity index (χ0n) is 16.6. The second kappa shape index (κ2) is 8.27. The third kappa shape index (κ3) is 4.00. The highest BCUT2D eigenvalue weighted by atomic mass is 16.5. The molecule has 2 aromatic carbocycles. The summed E-state index contributed by atoms with van der Waals surface area (Å²) in [5.74, 6) is -0.583. The standard InChI is InChI=1S/C24H27NO4/c1-15-7-6-8-16(13-15)22(23(26)27)25-24(28)29-14-21-19-11-4-2-9-17(19)18-10-3-5-12-20(18)21/h2-5,9-12,15-16,21-22H,6-8,13-14H2,1H3,(H,25,28)(H,26,27). The molecule has 4 rings (SSSR count). The normalized spacial score (nSPS) is 21.7. The van der Waals surface area contributed by atoms with Crippen LogP contribution in [0.1, 0.15) is 49.7 Å². The van der Waals surface area contributed by atoms with E-state index in [0.29, 0.717) is 5.92 Å². The molecule has 2 aliphatic rings. The number of alkyl carbamates (subject to hydrolysis) is 1. The molecule has 1 amide bonds. The molecule has 0 heterocycles. The zero-order valence-corrected chi connectivity index (χ0v) is 16.6. The van der Waals surface area contributed by atoms with Gasteiger partial charge in [0.1, 0.15) is 12.6 Å². The molecule has 3 unspecified atom stereocenters. The molecule has 0 bridgehead atoms. The third-order valence-corrected chi connectivity index (χ3v) is 6.33. The third-order valence-electron chi connectivity index (χ3n) is 6.33. The second-order valence-electron chi connectivity index (χ2n) is 8.32. The molecule has 0 aliphatic heterocycles. The maximum absolute atomic E-state index is 12.5. The number of hydrogen-bond acceptors (Lipinski definition) is 3. The second-order valence-corrected chi connectivity index (χ2v) is 8.32. The number of carbonyl (C=O) groups is 2. The fourth-order valence-corrected chi connectivity index (χ4v) is 4.93. The van der Waals surface area contributed by atoms with Gasteiger partial charge in [0.25, 0.3) is 0 Å². The van der Waals surface area contributed by atoms with Crippen molar-refractivity contribution in [3.05, 3.63) is 59.7 Å². The lowest BCUT2D eigenvalue weighted by molar-refractivity contribution is -0.141. The summed E-state index contributed by atoms with van der Waals surface area (Å²) >= 11 is 0. The van der Waals surface area contributed by atoms with E-state index in [0.717, 1.165) is 47.9 Å². The van der Waals surface area contributed by atoms with E-state index in [1.807, 2.05) is 24.3 Å². The fourth-order valence-electron chi connectivity index (χ4n) is 4.93. The van der Waals surface area contributed by atoms with Gasteiger partial charge in [-0.3, -0.25) is 0 Å². The van der Waals surface area contributed by atoms with Crippen LogP contribution in [-0.4, -0.2) is 29.8 Å². The number of carboxylic acid groups (broad SMARTS) is 1. The molecular weight excluding hydrogens is 366 g/mol. The quantitative estimate of drug-likeness (QED) is 0.765. The molecular formula is C24H27NO4. The number of carboxylic acids is 1. The lowest BCUT2D eigenvalue weighted by Gasteiger charge is -2.31. The summed E-state index contributed by atoms with van der Waals surface area (Å²) in [6.45, 7) is 2.33. The first-order chi connectivity index (χ1) is 14.0. The number of carbonyl (C=O) groups excluding carboxylic acids is 1. The smallest absolute Gasteiger partial charge is 0.407 e. The van der Waals surface area contributed by atoms with Crippen molar-refractivity contribution in [1.29, 1.82) is 0 Å². The molecule has 1 saturated carbocycles. The Morgan fingerprint density at radius 1 is 1.07 bits per heavy atom. The largest absolute Gasteiger partial charge is 0.480 e. The van der Waals surface area contributed by atoms with Crippen LogP contribution in [0.15, 0.2) is 48.5 Å². The number of amides is 1. The highest BCUT2D eigenvalue weighted by molar-refractivity contribution is 5.81. The summed E-state index contributed by atoms with van der Waals surface area (Å²) < 4.78 is 5.52. The molecule has 2 aromatic rings. The number of ether oxygens (including phenoxy) is 1. The van der Waals surface area contributed by atoms with Crippen molar-refractivity contribution >= 4 is 12.1 Å². The van der Waals surface area contributed by atoms with Gasteiger partial charge in [-0.05, 0) is 46.9 Å². The maximum Gasteiger partial charge on any atom is 0.407 e. The van der Waals surface area contributed by atoms with E-state index in [1.165, 1.54) is 0 Å². The van der Waals surface area contributed by atoms with Gasteiger partial charge in [0, 0.05) is 5.92 Å². The number of nitrogens with one attached hydrogen (secondary N) is 1. The Balaban J connectivity index is 1.43. The van der Waals surface area contributed by atoms with E-state index in [2.05, 4.69) is 36.5 Å². The molecule has 0 saturated heterocycles. The summed E-state index contributed by atoms with van der Waals surface area (Å²) in [6.07, 6.45) is 3.11.